The van der Waals surface area contributed by atoms with Gasteiger partial charge in [-0.3, -0.25) is 0 Å². The van der Waals surface area contributed by atoms with Crippen LogP contribution in [0.3, 0.4) is 0 Å². The van der Waals surface area contributed by atoms with Crippen LogP contribution in [0.5, 0.6) is 5.75 Å². The molecule has 0 unspecified atom stereocenters. The van der Waals surface area contributed by atoms with Crippen molar-refractivity contribution in [2.24, 2.45) is 0 Å². The van der Waals surface area contributed by atoms with Gasteiger partial charge in [-0.2, -0.15) is 18.2 Å². The number of aromatic hydroxyl groups is 1. The summed E-state index contributed by atoms with van der Waals surface area (Å²) in [4.78, 5) is 0. The fourth-order valence-corrected chi connectivity index (χ4v) is 2.07. The molecule has 23 heavy (non-hydrogen) atoms. The van der Waals surface area contributed by atoms with Crippen molar-refractivity contribution in [1.29, 1.82) is 0 Å². The summed E-state index contributed by atoms with van der Waals surface area (Å²) >= 11 is 0. The summed E-state index contributed by atoms with van der Waals surface area (Å²) < 4.78 is 0. The maximum absolute atomic E-state index is 10.3. The number of benzene rings is 1. The number of rotatable bonds is 0. The molecule has 1 nitrogen and oxygen atoms in total. The minimum atomic E-state index is -0.00859. The van der Waals surface area contributed by atoms with Gasteiger partial charge in [-0.25, -0.2) is 12.1 Å². The Labute approximate surface area is 190 Å². The van der Waals surface area contributed by atoms with E-state index in [1.807, 2.05) is 48.5 Å². The number of para-hydroxylation sites is 1. The molecule has 0 aliphatic rings. The first-order valence-corrected chi connectivity index (χ1v) is 7.13. The van der Waals surface area contributed by atoms with Crippen molar-refractivity contribution in [2.75, 3.05) is 0 Å². The summed E-state index contributed by atoms with van der Waals surface area (Å²) in [6.45, 7) is 12.7. The summed E-state index contributed by atoms with van der Waals surface area (Å²) in [6.07, 6.45) is 0. The third-order valence-corrected chi connectivity index (χ3v) is 3.21. The molecule has 0 heterocycles. The van der Waals surface area contributed by atoms with E-state index in [4.69, 9.17) is 0 Å². The van der Waals surface area contributed by atoms with Gasteiger partial charge in [-0.05, 0) is 22.0 Å². The normalized spacial score (nSPS) is 10.2. The Morgan fingerprint density at radius 3 is 1.30 bits per heavy atom. The van der Waals surface area contributed by atoms with Crippen LogP contribution < -0.4 is 48.0 Å². The first-order valence-electron chi connectivity index (χ1n) is 7.13. The van der Waals surface area contributed by atoms with Crippen LogP contribution in [0.4, 0.5) is 0 Å². The predicted molar refractivity (Wildman–Crippen MR) is 87.5 cm³/mol. The molecule has 0 saturated carbocycles. The third kappa shape index (κ3) is 9.56. The van der Waals surface area contributed by atoms with Gasteiger partial charge in [0.15, 0.2) is 0 Å². The summed E-state index contributed by atoms with van der Waals surface area (Å²) in [5.41, 5.74) is 2.03. The molecule has 0 spiro atoms. The molecule has 1 radical (unpaired) electrons. The van der Waals surface area contributed by atoms with E-state index in [9.17, 15) is 5.11 Å². The number of halogens is 2. The van der Waals surface area contributed by atoms with E-state index in [1.165, 1.54) is 0 Å². The molecule has 0 aromatic heterocycles. The Morgan fingerprint density at radius 2 is 1.09 bits per heavy atom. The molecule has 4 heteroatoms. The summed E-state index contributed by atoms with van der Waals surface area (Å²) in [7, 11) is 0. The van der Waals surface area contributed by atoms with Gasteiger partial charge >= 0.3 is 21.7 Å². The smallest absolute Gasteiger partial charge is 1.00 e. The average Bonchev–Trinajstić information content (AvgIpc) is 2.84. The van der Waals surface area contributed by atoms with Crippen molar-refractivity contribution in [3.63, 3.8) is 0 Å². The Hall–Kier alpha value is 0.544. The average molecular weight is 573 g/mol. The topological polar surface area (TPSA) is 20.2 Å². The molecule has 0 bridgehead atoms. The van der Waals surface area contributed by atoms with Crippen LogP contribution in [-0.4, -0.2) is 5.11 Å². The molecule has 2 aromatic rings. The van der Waals surface area contributed by atoms with Gasteiger partial charge in [0.2, 0.25) is 0 Å². The van der Waals surface area contributed by atoms with Gasteiger partial charge < -0.3 is 53.1 Å². The van der Waals surface area contributed by atoms with E-state index in [-0.39, 0.29) is 80.5 Å². The van der Waals surface area contributed by atoms with Crippen LogP contribution in [0.25, 0.3) is 0 Å². The van der Waals surface area contributed by atoms with E-state index < -0.39 is 0 Å². The minimum Gasteiger partial charge on any atom is -1.00 e. The van der Waals surface area contributed by atoms with E-state index >= 15 is 0 Å². The van der Waals surface area contributed by atoms with E-state index in [1.54, 1.807) is 0 Å². The van der Waals surface area contributed by atoms with Crippen LogP contribution in [0.15, 0.2) is 48.5 Å². The molecular weight excluding hydrogens is 546 g/mol. The molecule has 0 fully saturated rings. The van der Waals surface area contributed by atoms with Crippen LogP contribution >= 0.6 is 0 Å². The maximum Gasteiger partial charge on any atom is 3.00 e. The number of phenols is 1. The van der Waals surface area contributed by atoms with E-state index in [0.717, 1.165) is 11.1 Å². The van der Waals surface area contributed by atoms with Crippen molar-refractivity contribution in [2.45, 2.75) is 52.4 Å². The third-order valence-electron chi connectivity index (χ3n) is 3.21. The zero-order valence-electron chi connectivity index (χ0n) is 14.8. The Balaban J connectivity index is -0.000000431. The summed E-state index contributed by atoms with van der Waals surface area (Å²) in [5.74, 6) is 0.456. The zero-order chi connectivity index (χ0) is 15.4. The fraction of sp³-hybridized carbons (Fsp3) is 0.421. The van der Waals surface area contributed by atoms with Crippen LogP contribution in [0.1, 0.15) is 52.7 Å². The SMILES string of the molecule is CC(C)(C)c1cccc(C(C)(C)C)c1O.[I-].[I-].[Ti+3].c1cc[cH-]c1. The molecular formula is C19H27I2OTi. The molecule has 127 valence electrons. The Bertz CT molecular complexity index is 474. The molecule has 0 saturated heterocycles. The quantitative estimate of drug-likeness (QED) is 0.254. The second-order valence-electron chi connectivity index (χ2n) is 7.16. The van der Waals surface area contributed by atoms with Crippen molar-refractivity contribution >= 4 is 0 Å². The van der Waals surface area contributed by atoms with Crippen molar-refractivity contribution in [1.82, 2.24) is 0 Å². The number of phenolic OH excluding ortho intramolecular Hbond substituents is 1. The van der Waals surface area contributed by atoms with Gasteiger partial charge in [0.25, 0.3) is 0 Å². The van der Waals surface area contributed by atoms with Crippen molar-refractivity contribution in [3.05, 3.63) is 59.7 Å². The minimum absolute atomic E-state index is 0. The van der Waals surface area contributed by atoms with Crippen LogP contribution in [0, 0.1) is 0 Å². The van der Waals surface area contributed by atoms with Crippen LogP contribution in [0.2, 0.25) is 0 Å². The molecule has 0 aliphatic carbocycles. The number of hydrogen-bond donors (Lipinski definition) is 1. The van der Waals surface area contributed by atoms with Gasteiger partial charge in [-0.1, -0.05) is 59.7 Å². The second-order valence-corrected chi connectivity index (χ2v) is 7.16. The number of hydrogen-bond acceptors (Lipinski definition) is 1. The molecule has 1 N–H and O–H groups in total. The van der Waals surface area contributed by atoms with Gasteiger partial charge in [0.1, 0.15) is 5.75 Å². The first kappa shape index (κ1) is 28.4. The maximum atomic E-state index is 10.3. The largest absolute Gasteiger partial charge is 3.00 e. The first-order chi connectivity index (χ1) is 9.14. The molecule has 0 atom stereocenters. The van der Waals surface area contributed by atoms with Crippen LogP contribution in [-0.2, 0) is 32.5 Å². The monoisotopic (exact) mass is 573 g/mol. The Morgan fingerprint density at radius 1 is 0.739 bits per heavy atom. The van der Waals surface area contributed by atoms with E-state index in [2.05, 4.69) is 41.5 Å². The van der Waals surface area contributed by atoms with Gasteiger partial charge in [-0.15, -0.1) is 0 Å². The second kappa shape index (κ2) is 12.0. The molecule has 0 amide bonds. The summed E-state index contributed by atoms with van der Waals surface area (Å²) in [6, 6.07) is 16.0. The van der Waals surface area contributed by atoms with Crippen molar-refractivity contribution in [3.8, 4) is 5.75 Å². The summed E-state index contributed by atoms with van der Waals surface area (Å²) in [5, 5.41) is 10.3. The zero-order valence-corrected chi connectivity index (χ0v) is 20.7. The molecule has 2 aromatic carbocycles. The van der Waals surface area contributed by atoms with E-state index in [0.29, 0.717) is 5.75 Å². The van der Waals surface area contributed by atoms with Gasteiger partial charge in [0.05, 0.1) is 0 Å². The fourth-order valence-electron chi connectivity index (χ4n) is 2.07. The molecule has 2 rings (SSSR count). The predicted octanol–water partition coefficient (Wildman–Crippen LogP) is -0.602. The van der Waals surface area contributed by atoms with Gasteiger partial charge in [0, 0.05) is 0 Å². The molecule has 0 aliphatic heterocycles. The Kier molecular flexibility index (Phi) is 14.8. The standard InChI is InChI=1S/C14H22O.C5H5.2HI.Ti/c1-13(2,3)10-8-7-9-11(12(10)15)14(4,5)6;1-2-4-5-3-1;;;/h7-9,15H,1-6H3;1-5H;2*1H;/q;-1;;;+3/p-2. The van der Waals surface area contributed by atoms with Crippen molar-refractivity contribution < 1.29 is 74.8 Å².